The number of carbonyl (C=O) groups excluding carboxylic acids is 1. The monoisotopic (exact) mass is 338 g/mol. The summed E-state index contributed by atoms with van der Waals surface area (Å²) in [6.45, 7) is 2.91. The molecule has 0 aromatic heterocycles. The van der Waals surface area contributed by atoms with E-state index in [1.807, 2.05) is 42.5 Å². The molecule has 132 valence electrons. The Balaban J connectivity index is 1.84. The summed E-state index contributed by atoms with van der Waals surface area (Å²) in [6.07, 6.45) is 7.65. The molecule has 0 atom stereocenters. The van der Waals surface area contributed by atoms with Gasteiger partial charge in [0.05, 0.1) is 12.8 Å². The van der Waals surface area contributed by atoms with Crippen molar-refractivity contribution < 1.29 is 9.53 Å². The third-order valence-electron chi connectivity index (χ3n) is 3.83. The first-order valence-corrected chi connectivity index (χ1v) is 8.91. The van der Waals surface area contributed by atoms with Gasteiger partial charge in [0, 0.05) is 11.1 Å². The summed E-state index contributed by atoms with van der Waals surface area (Å²) >= 11 is 0. The number of benzene rings is 2. The standard InChI is InChI=1S/C21H26N2O2/c1-2-3-4-5-11-16-25-20-15-10-9-14-19(20)17-22-23-21(24)18-12-7-6-8-13-18/h6-10,12-15,17H,2-5,11,16H2,1H3,(H,23,24). The van der Waals surface area contributed by atoms with E-state index < -0.39 is 0 Å². The van der Waals surface area contributed by atoms with Crippen molar-refractivity contribution >= 4 is 12.1 Å². The molecule has 2 aromatic carbocycles. The van der Waals surface area contributed by atoms with Gasteiger partial charge in [-0.15, -0.1) is 0 Å². The number of unbranched alkanes of at least 4 members (excludes halogenated alkanes) is 4. The fourth-order valence-electron chi connectivity index (χ4n) is 2.42. The largest absolute Gasteiger partial charge is 0.493 e. The molecule has 25 heavy (non-hydrogen) atoms. The zero-order valence-electron chi connectivity index (χ0n) is 14.8. The Morgan fingerprint density at radius 3 is 2.52 bits per heavy atom. The Bertz CT molecular complexity index is 669. The van der Waals surface area contributed by atoms with Crippen molar-refractivity contribution in [3.63, 3.8) is 0 Å². The lowest BCUT2D eigenvalue weighted by molar-refractivity contribution is 0.0955. The first kappa shape index (κ1) is 18.7. The van der Waals surface area contributed by atoms with Crippen LogP contribution in [0.25, 0.3) is 0 Å². The molecule has 2 rings (SSSR count). The van der Waals surface area contributed by atoms with Crippen molar-refractivity contribution in [2.75, 3.05) is 6.61 Å². The van der Waals surface area contributed by atoms with Gasteiger partial charge in [-0.2, -0.15) is 5.10 Å². The van der Waals surface area contributed by atoms with Crippen LogP contribution in [0.15, 0.2) is 59.7 Å². The van der Waals surface area contributed by atoms with E-state index in [2.05, 4.69) is 17.5 Å². The fraction of sp³-hybridized carbons (Fsp3) is 0.333. The molecule has 4 nitrogen and oxygen atoms in total. The van der Waals surface area contributed by atoms with Crippen LogP contribution in [0.4, 0.5) is 0 Å². The molecule has 0 aliphatic rings. The summed E-state index contributed by atoms with van der Waals surface area (Å²) in [5, 5.41) is 4.04. The molecule has 1 amide bonds. The summed E-state index contributed by atoms with van der Waals surface area (Å²) in [6, 6.07) is 16.7. The number of hydrazone groups is 1. The Morgan fingerprint density at radius 2 is 1.72 bits per heavy atom. The van der Waals surface area contributed by atoms with Crippen molar-refractivity contribution in [1.82, 2.24) is 5.43 Å². The first-order valence-electron chi connectivity index (χ1n) is 8.91. The van der Waals surface area contributed by atoms with Crippen LogP contribution in [0, 0.1) is 0 Å². The smallest absolute Gasteiger partial charge is 0.271 e. The number of hydrogen-bond acceptors (Lipinski definition) is 3. The van der Waals surface area contributed by atoms with Gasteiger partial charge >= 0.3 is 0 Å². The highest BCUT2D eigenvalue weighted by Crippen LogP contribution is 2.16. The van der Waals surface area contributed by atoms with Crippen LogP contribution in [0.5, 0.6) is 5.75 Å². The SMILES string of the molecule is CCCCCCCOc1ccccc1C=NNC(=O)c1ccccc1. The van der Waals surface area contributed by atoms with E-state index in [1.165, 1.54) is 25.7 Å². The van der Waals surface area contributed by atoms with Gasteiger partial charge in [0.15, 0.2) is 0 Å². The molecule has 0 unspecified atom stereocenters. The highest BCUT2D eigenvalue weighted by Gasteiger charge is 2.03. The van der Waals surface area contributed by atoms with Crippen LogP contribution in [0.3, 0.4) is 0 Å². The molecule has 0 bridgehead atoms. The second-order valence-corrected chi connectivity index (χ2v) is 5.87. The van der Waals surface area contributed by atoms with Crippen molar-refractivity contribution in [3.05, 3.63) is 65.7 Å². The number of nitrogens with one attached hydrogen (secondary N) is 1. The molecule has 2 aromatic rings. The maximum absolute atomic E-state index is 12.0. The first-order chi connectivity index (χ1) is 12.3. The predicted molar refractivity (Wildman–Crippen MR) is 102 cm³/mol. The Labute approximate surface area is 149 Å². The molecular weight excluding hydrogens is 312 g/mol. The van der Waals surface area contributed by atoms with Gasteiger partial charge in [-0.1, -0.05) is 62.9 Å². The molecule has 0 aliphatic heterocycles. The lowest BCUT2D eigenvalue weighted by atomic mass is 10.2. The van der Waals surface area contributed by atoms with Gasteiger partial charge in [0.1, 0.15) is 5.75 Å². The lowest BCUT2D eigenvalue weighted by Gasteiger charge is -2.08. The maximum Gasteiger partial charge on any atom is 0.271 e. The number of nitrogens with zero attached hydrogens (tertiary/aromatic N) is 1. The Kier molecular flexibility index (Phi) is 8.25. The quantitative estimate of drug-likeness (QED) is 0.384. The molecular formula is C21H26N2O2. The van der Waals surface area contributed by atoms with E-state index in [0.717, 1.165) is 17.7 Å². The van der Waals surface area contributed by atoms with Crippen LogP contribution < -0.4 is 10.2 Å². The molecule has 0 heterocycles. The molecule has 1 N–H and O–H groups in total. The molecule has 0 spiro atoms. The maximum atomic E-state index is 12.0. The van der Waals surface area contributed by atoms with Crippen LogP contribution in [0.2, 0.25) is 0 Å². The number of carbonyl (C=O) groups is 1. The molecule has 0 saturated heterocycles. The number of hydrogen-bond donors (Lipinski definition) is 1. The summed E-state index contributed by atoms with van der Waals surface area (Å²) in [4.78, 5) is 12.0. The third-order valence-corrected chi connectivity index (χ3v) is 3.83. The lowest BCUT2D eigenvalue weighted by Crippen LogP contribution is -2.17. The number of para-hydroxylation sites is 1. The highest BCUT2D eigenvalue weighted by molar-refractivity contribution is 5.95. The minimum atomic E-state index is -0.230. The zero-order valence-corrected chi connectivity index (χ0v) is 14.8. The number of amides is 1. The molecule has 0 radical (unpaired) electrons. The van der Waals surface area contributed by atoms with Gasteiger partial charge in [0.2, 0.25) is 0 Å². The van der Waals surface area contributed by atoms with Crippen molar-refractivity contribution in [2.24, 2.45) is 5.10 Å². The zero-order chi connectivity index (χ0) is 17.7. The summed E-state index contributed by atoms with van der Waals surface area (Å²) in [7, 11) is 0. The minimum Gasteiger partial charge on any atom is -0.493 e. The highest BCUT2D eigenvalue weighted by atomic mass is 16.5. The topological polar surface area (TPSA) is 50.7 Å². The predicted octanol–water partition coefficient (Wildman–Crippen LogP) is 4.80. The van der Waals surface area contributed by atoms with Gasteiger partial charge in [-0.05, 0) is 30.7 Å². The second kappa shape index (κ2) is 11.0. The number of ether oxygens (including phenoxy) is 1. The Hall–Kier alpha value is -2.62. The average Bonchev–Trinajstić information content (AvgIpc) is 2.66. The van der Waals surface area contributed by atoms with Crippen LogP contribution in [-0.4, -0.2) is 18.7 Å². The summed E-state index contributed by atoms with van der Waals surface area (Å²) in [5.41, 5.74) is 3.97. The van der Waals surface area contributed by atoms with E-state index in [1.54, 1.807) is 18.3 Å². The average molecular weight is 338 g/mol. The van der Waals surface area contributed by atoms with Crippen molar-refractivity contribution in [2.45, 2.75) is 39.0 Å². The van der Waals surface area contributed by atoms with E-state index in [-0.39, 0.29) is 5.91 Å². The van der Waals surface area contributed by atoms with E-state index in [0.29, 0.717) is 12.2 Å². The normalized spacial score (nSPS) is 10.8. The van der Waals surface area contributed by atoms with Crippen LogP contribution in [0.1, 0.15) is 54.9 Å². The van der Waals surface area contributed by atoms with Crippen LogP contribution in [-0.2, 0) is 0 Å². The third kappa shape index (κ3) is 6.79. The van der Waals surface area contributed by atoms with Gasteiger partial charge < -0.3 is 4.74 Å². The Morgan fingerprint density at radius 1 is 1.00 bits per heavy atom. The van der Waals surface area contributed by atoms with Crippen molar-refractivity contribution in [3.8, 4) is 5.75 Å². The van der Waals surface area contributed by atoms with E-state index >= 15 is 0 Å². The summed E-state index contributed by atoms with van der Waals surface area (Å²) < 4.78 is 5.86. The molecule has 0 aliphatic carbocycles. The van der Waals surface area contributed by atoms with E-state index in [4.69, 9.17) is 4.74 Å². The van der Waals surface area contributed by atoms with E-state index in [9.17, 15) is 4.79 Å². The van der Waals surface area contributed by atoms with Gasteiger partial charge in [0.25, 0.3) is 5.91 Å². The van der Waals surface area contributed by atoms with Gasteiger partial charge in [-0.25, -0.2) is 5.43 Å². The number of rotatable bonds is 10. The summed E-state index contributed by atoms with van der Waals surface area (Å²) in [5.74, 6) is 0.557. The fourth-order valence-corrected chi connectivity index (χ4v) is 2.42. The van der Waals surface area contributed by atoms with Gasteiger partial charge in [-0.3, -0.25) is 4.79 Å². The second-order valence-electron chi connectivity index (χ2n) is 5.87. The minimum absolute atomic E-state index is 0.230. The van der Waals surface area contributed by atoms with Crippen molar-refractivity contribution in [1.29, 1.82) is 0 Å². The molecule has 4 heteroatoms. The molecule has 0 saturated carbocycles. The van der Waals surface area contributed by atoms with Crippen LogP contribution >= 0.6 is 0 Å². The molecule has 0 fully saturated rings.